The van der Waals surface area contributed by atoms with Crippen molar-refractivity contribution in [2.24, 2.45) is 0 Å². The molecule has 0 unspecified atom stereocenters. The van der Waals surface area contributed by atoms with Gasteiger partial charge in [-0.05, 0) is 35.4 Å². The summed E-state index contributed by atoms with van der Waals surface area (Å²) in [4.78, 5) is 35.8. The van der Waals surface area contributed by atoms with Gasteiger partial charge in [0.2, 0.25) is 0 Å². The van der Waals surface area contributed by atoms with Gasteiger partial charge in [-0.25, -0.2) is 4.39 Å². The van der Waals surface area contributed by atoms with Crippen LogP contribution in [0.3, 0.4) is 0 Å². The molecule has 0 saturated carbocycles. The Hall–Kier alpha value is -3.80. The number of benzene rings is 3. The molecule has 0 spiro atoms. The third-order valence-electron chi connectivity index (χ3n) is 4.18. The van der Waals surface area contributed by atoms with Crippen molar-refractivity contribution >= 4 is 17.7 Å². The van der Waals surface area contributed by atoms with E-state index in [1.165, 1.54) is 12.1 Å². The van der Waals surface area contributed by atoms with E-state index < -0.39 is 30.8 Å². The van der Waals surface area contributed by atoms with Crippen LogP contribution in [-0.2, 0) is 9.53 Å². The summed E-state index contributed by atoms with van der Waals surface area (Å²) in [7, 11) is 0. The lowest BCUT2D eigenvalue weighted by atomic mass is 10.0. The molecule has 5 nitrogen and oxygen atoms in total. The zero-order valence-electron chi connectivity index (χ0n) is 15.4. The van der Waals surface area contributed by atoms with Gasteiger partial charge in [0, 0.05) is 11.1 Å². The fourth-order valence-corrected chi connectivity index (χ4v) is 2.62. The van der Waals surface area contributed by atoms with Gasteiger partial charge in [-0.3, -0.25) is 14.4 Å². The largest absolute Gasteiger partial charge is 0.456 e. The zero-order chi connectivity index (χ0) is 20.6. The van der Waals surface area contributed by atoms with Crippen LogP contribution in [0.4, 0.5) is 4.39 Å². The van der Waals surface area contributed by atoms with Gasteiger partial charge in [-0.1, -0.05) is 54.6 Å². The van der Waals surface area contributed by atoms with E-state index in [0.717, 1.165) is 23.3 Å². The number of halogens is 1. The van der Waals surface area contributed by atoms with Gasteiger partial charge in [0.15, 0.2) is 12.4 Å². The van der Waals surface area contributed by atoms with E-state index >= 15 is 0 Å². The molecular weight excluding hydrogens is 373 g/mol. The lowest BCUT2D eigenvalue weighted by molar-refractivity contribution is -0.141. The predicted octanol–water partition coefficient (Wildman–Crippen LogP) is 3.65. The van der Waals surface area contributed by atoms with Crippen molar-refractivity contribution in [3.05, 3.63) is 95.8 Å². The summed E-state index contributed by atoms with van der Waals surface area (Å²) in [6, 6.07) is 21.6. The number of carbonyl (C=O) groups is 3. The third kappa shape index (κ3) is 5.59. The second-order valence-corrected chi connectivity index (χ2v) is 6.22. The lowest BCUT2D eigenvalue weighted by Gasteiger charge is -2.07. The number of hydrogen-bond acceptors (Lipinski definition) is 4. The number of amides is 1. The first-order valence-electron chi connectivity index (χ1n) is 8.91. The molecule has 6 heteroatoms. The maximum atomic E-state index is 12.9. The van der Waals surface area contributed by atoms with E-state index in [1.807, 2.05) is 42.5 Å². The molecule has 0 heterocycles. The number of ether oxygens (including phenoxy) is 1. The monoisotopic (exact) mass is 391 g/mol. The van der Waals surface area contributed by atoms with Gasteiger partial charge in [0.05, 0.1) is 0 Å². The minimum atomic E-state index is -0.741. The van der Waals surface area contributed by atoms with Crippen molar-refractivity contribution in [3.63, 3.8) is 0 Å². The lowest BCUT2D eigenvalue weighted by Crippen LogP contribution is -2.31. The number of carbonyl (C=O) groups excluding carboxylic acids is 3. The molecule has 1 amide bonds. The van der Waals surface area contributed by atoms with E-state index in [1.54, 1.807) is 12.1 Å². The molecule has 29 heavy (non-hydrogen) atoms. The Kier molecular flexibility index (Phi) is 6.47. The number of Topliss-reactive ketones (excluding diaryl/α,β-unsaturated/α-hetero) is 1. The summed E-state index contributed by atoms with van der Waals surface area (Å²) in [5.41, 5.74) is 2.65. The molecule has 0 aliphatic rings. The Morgan fingerprint density at radius 3 is 2.00 bits per heavy atom. The highest BCUT2D eigenvalue weighted by Crippen LogP contribution is 2.19. The summed E-state index contributed by atoms with van der Waals surface area (Å²) >= 11 is 0. The quantitative estimate of drug-likeness (QED) is 0.493. The molecule has 0 radical (unpaired) electrons. The molecule has 0 aliphatic carbocycles. The van der Waals surface area contributed by atoms with Crippen molar-refractivity contribution in [2.75, 3.05) is 13.2 Å². The van der Waals surface area contributed by atoms with Crippen LogP contribution in [0.2, 0.25) is 0 Å². The van der Waals surface area contributed by atoms with Crippen LogP contribution in [0.25, 0.3) is 11.1 Å². The van der Waals surface area contributed by atoms with Crippen molar-refractivity contribution in [1.29, 1.82) is 0 Å². The highest BCUT2D eigenvalue weighted by Gasteiger charge is 2.12. The van der Waals surface area contributed by atoms with Crippen molar-refractivity contribution in [3.8, 4) is 11.1 Å². The van der Waals surface area contributed by atoms with Crippen LogP contribution in [0.15, 0.2) is 78.9 Å². The van der Waals surface area contributed by atoms with Gasteiger partial charge in [0.25, 0.3) is 5.91 Å². The topological polar surface area (TPSA) is 72.5 Å². The standard InChI is InChI=1S/C23H18FNO4/c24-20-12-10-19(11-13-20)23(28)25-14-22(27)29-15-21(26)18-8-6-17(7-9-18)16-4-2-1-3-5-16/h1-13H,14-15H2,(H,25,28). The van der Waals surface area contributed by atoms with Crippen LogP contribution < -0.4 is 5.32 Å². The summed E-state index contributed by atoms with van der Waals surface area (Å²) in [6.45, 7) is -0.813. The highest BCUT2D eigenvalue weighted by atomic mass is 19.1. The molecule has 1 N–H and O–H groups in total. The van der Waals surface area contributed by atoms with Crippen LogP contribution >= 0.6 is 0 Å². The Bertz CT molecular complexity index is 999. The van der Waals surface area contributed by atoms with Crippen LogP contribution in [0, 0.1) is 5.82 Å². The van der Waals surface area contributed by atoms with Crippen LogP contribution in [0.5, 0.6) is 0 Å². The first-order chi connectivity index (χ1) is 14.0. The maximum Gasteiger partial charge on any atom is 0.325 e. The van der Waals surface area contributed by atoms with Gasteiger partial charge in [-0.2, -0.15) is 0 Å². The fraction of sp³-hybridized carbons (Fsp3) is 0.0870. The predicted molar refractivity (Wildman–Crippen MR) is 106 cm³/mol. The average molecular weight is 391 g/mol. The molecule has 3 rings (SSSR count). The molecule has 0 fully saturated rings. The molecule has 0 aliphatic heterocycles. The highest BCUT2D eigenvalue weighted by molar-refractivity contribution is 5.99. The average Bonchev–Trinajstić information content (AvgIpc) is 2.77. The van der Waals surface area contributed by atoms with Gasteiger partial charge < -0.3 is 10.1 Å². The van der Waals surface area contributed by atoms with Crippen LogP contribution in [0.1, 0.15) is 20.7 Å². The molecule has 0 saturated heterocycles. The number of nitrogens with one attached hydrogen (secondary N) is 1. The van der Waals surface area contributed by atoms with Crippen molar-refractivity contribution in [1.82, 2.24) is 5.32 Å². The summed E-state index contributed by atoms with van der Waals surface area (Å²) < 4.78 is 17.8. The minimum Gasteiger partial charge on any atom is -0.456 e. The summed E-state index contributed by atoms with van der Waals surface area (Å²) in [5.74, 6) is -2.08. The molecule has 3 aromatic carbocycles. The van der Waals surface area contributed by atoms with E-state index in [0.29, 0.717) is 5.56 Å². The normalized spacial score (nSPS) is 10.2. The second kappa shape index (κ2) is 9.41. The van der Waals surface area contributed by atoms with E-state index in [4.69, 9.17) is 4.74 Å². The minimum absolute atomic E-state index is 0.216. The fourth-order valence-electron chi connectivity index (χ4n) is 2.62. The number of rotatable bonds is 7. The SMILES string of the molecule is O=C(CNC(=O)c1ccc(F)cc1)OCC(=O)c1ccc(-c2ccccc2)cc1. The van der Waals surface area contributed by atoms with Gasteiger partial charge in [0.1, 0.15) is 12.4 Å². The molecule has 0 bridgehead atoms. The summed E-state index contributed by atoms with van der Waals surface area (Å²) in [5, 5.41) is 2.36. The first-order valence-corrected chi connectivity index (χ1v) is 8.91. The maximum absolute atomic E-state index is 12.9. The molecule has 3 aromatic rings. The Morgan fingerprint density at radius 2 is 1.34 bits per heavy atom. The van der Waals surface area contributed by atoms with Crippen LogP contribution in [-0.4, -0.2) is 30.8 Å². The zero-order valence-corrected chi connectivity index (χ0v) is 15.4. The van der Waals surface area contributed by atoms with Gasteiger partial charge >= 0.3 is 5.97 Å². The smallest absolute Gasteiger partial charge is 0.325 e. The first kappa shape index (κ1) is 19.9. The molecule has 146 valence electrons. The molecular formula is C23H18FNO4. The second-order valence-electron chi connectivity index (χ2n) is 6.22. The Balaban J connectivity index is 1.46. The van der Waals surface area contributed by atoms with Gasteiger partial charge in [-0.15, -0.1) is 0 Å². The molecule has 0 atom stereocenters. The number of esters is 1. The third-order valence-corrected chi connectivity index (χ3v) is 4.18. The van der Waals surface area contributed by atoms with E-state index in [9.17, 15) is 18.8 Å². The van der Waals surface area contributed by atoms with E-state index in [-0.39, 0.29) is 11.3 Å². The van der Waals surface area contributed by atoms with E-state index in [2.05, 4.69) is 5.32 Å². The Morgan fingerprint density at radius 1 is 0.759 bits per heavy atom. The molecule has 0 aromatic heterocycles. The van der Waals surface area contributed by atoms with Crippen molar-refractivity contribution in [2.45, 2.75) is 0 Å². The van der Waals surface area contributed by atoms with Crippen molar-refractivity contribution < 1.29 is 23.5 Å². The number of hydrogen-bond donors (Lipinski definition) is 1. The number of ketones is 1. The summed E-state index contributed by atoms with van der Waals surface area (Å²) in [6.07, 6.45) is 0. The Labute approximate surface area is 167 Å².